The van der Waals surface area contributed by atoms with E-state index < -0.39 is 5.82 Å². The summed E-state index contributed by atoms with van der Waals surface area (Å²) in [6, 6.07) is 9.71. The van der Waals surface area contributed by atoms with Gasteiger partial charge in [0.05, 0.1) is 17.9 Å². The molecule has 2 aliphatic rings. The van der Waals surface area contributed by atoms with Crippen molar-refractivity contribution in [2.24, 2.45) is 11.7 Å². The van der Waals surface area contributed by atoms with Gasteiger partial charge in [0.15, 0.2) is 0 Å². The zero-order valence-corrected chi connectivity index (χ0v) is 16.2. The zero-order valence-electron chi connectivity index (χ0n) is 16.2. The Hall–Kier alpha value is -2.55. The number of nitrogens with two attached hydrogens (primary N) is 1. The molecule has 2 heterocycles. The average molecular weight is 399 g/mol. The number of hydrogen-bond acceptors (Lipinski definition) is 5. The number of carbonyl (C=O) groups is 1. The Bertz CT molecular complexity index is 943. The molecule has 0 unspecified atom stereocenters. The van der Waals surface area contributed by atoms with Gasteiger partial charge in [0.25, 0.3) is 5.56 Å². The second-order valence-corrected chi connectivity index (χ2v) is 7.92. The quantitative estimate of drug-likeness (QED) is 0.644. The Balaban J connectivity index is 1.33. The zero-order chi connectivity index (χ0) is 20.4. The van der Waals surface area contributed by atoms with Crippen molar-refractivity contribution in [3.63, 3.8) is 0 Å². The first-order valence-corrected chi connectivity index (χ1v) is 9.98. The molecule has 2 aromatic rings. The lowest BCUT2D eigenvalue weighted by Crippen LogP contribution is -2.36. The van der Waals surface area contributed by atoms with Crippen LogP contribution in [0.3, 0.4) is 0 Å². The lowest BCUT2D eigenvalue weighted by Gasteiger charge is -2.16. The Labute approximate surface area is 168 Å². The van der Waals surface area contributed by atoms with E-state index in [1.165, 1.54) is 35.6 Å². The average Bonchev–Trinajstić information content (AvgIpc) is 3.45. The van der Waals surface area contributed by atoms with Gasteiger partial charge in [0.1, 0.15) is 5.82 Å². The molecule has 0 radical (unpaired) electrons. The number of aromatic nitrogens is 1. The third kappa shape index (κ3) is 4.90. The third-order valence-electron chi connectivity index (χ3n) is 5.51. The molecule has 8 heteroatoms. The van der Waals surface area contributed by atoms with Gasteiger partial charge < -0.3 is 16.4 Å². The first-order chi connectivity index (χ1) is 14.0. The number of rotatable bonds is 7. The minimum absolute atomic E-state index is 0.0363. The molecule has 1 saturated heterocycles. The van der Waals surface area contributed by atoms with Crippen LogP contribution in [0.25, 0.3) is 5.69 Å². The molecule has 1 aliphatic heterocycles. The fourth-order valence-electron chi connectivity index (χ4n) is 3.73. The number of carbonyl (C=O) groups excluding carboxylic acids is 1. The summed E-state index contributed by atoms with van der Waals surface area (Å²) in [7, 11) is 0. The van der Waals surface area contributed by atoms with Gasteiger partial charge in [0, 0.05) is 56.0 Å². The summed E-state index contributed by atoms with van der Waals surface area (Å²) in [5.74, 6) is -0.545. The predicted octanol–water partition coefficient (Wildman–Crippen LogP) is 0.926. The van der Waals surface area contributed by atoms with Crippen LogP contribution in [-0.2, 0) is 4.79 Å². The van der Waals surface area contributed by atoms with Crippen molar-refractivity contribution in [2.45, 2.75) is 24.9 Å². The smallest absolute Gasteiger partial charge is 0.255 e. The number of hydrogen-bond donors (Lipinski definition) is 3. The molecule has 154 valence electrons. The molecule has 0 bridgehead atoms. The van der Waals surface area contributed by atoms with E-state index in [1.54, 1.807) is 24.4 Å². The lowest BCUT2D eigenvalue weighted by molar-refractivity contribution is -0.117. The number of benzene rings is 1. The van der Waals surface area contributed by atoms with E-state index in [4.69, 9.17) is 5.73 Å². The molecule has 7 nitrogen and oxygen atoms in total. The van der Waals surface area contributed by atoms with E-state index in [-0.39, 0.29) is 29.7 Å². The molecular formula is C21H26FN5O2. The molecule has 1 aliphatic carbocycles. The molecule has 1 aromatic heterocycles. The molecular weight excluding hydrogens is 373 g/mol. The van der Waals surface area contributed by atoms with Gasteiger partial charge in [-0.3, -0.25) is 19.1 Å². The summed E-state index contributed by atoms with van der Waals surface area (Å²) in [6.45, 7) is 2.46. The SMILES string of the molecule is N[C@H]1CN(CC(=O)Nc2ccc(-n3ccccc3=O)cc2F)C[C@@H]1CNC1CC1. The first kappa shape index (κ1) is 19.8. The van der Waals surface area contributed by atoms with Crippen LogP contribution in [0.2, 0.25) is 0 Å². The summed E-state index contributed by atoms with van der Waals surface area (Å²) in [5, 5.41) is 6.11. The van der Waals surface area contributed by atoms with Crippen molar-refractivity contribution in [2.75, 3.05) is 31.5 Å². The van der Waals surface area contributed by atoms with Crippen LogP contribution in [-0.4, -0.2) is 53.6 Å². The van der Waals surface area contributed by atoms with Crippen LogP contribution in [0.1, 0.15) is 12.8 Å². The maximum Gasteiger partial charge on any atom is 0.255 e. The molecule has 2 fully saturated rings. The Morgan fingerprint density at radius 3 is 2.76 bits per heavy atom. The monoisotopic (exact) mass is 399 g/mol. The minimum Gasteiger partial charge on any atom is -0.326 e. The fraction of sp³-hybridized carbons (Fsp3) is 0.429. The Morgan fingerprint density at radius 2 is 2.03 bits per heavy atom. The number of amides is 1. The summed E-state index contributed by atoms with van der Waals surface area (Å²) < 4.78 is 15.8. The third-order valence-corrected chi connectivity index (χ3v) is 5.51. The van der Waals surface area contributed by atoms with Crippen LogP contribution in [0.15, 0.2) is 47.4 Å². The van der Waals surface area contributed by atoms with Crippen LogP contribution < -0.4 is 21.9 Å². The van der Waals surface area contributed by atoms with Gasteiger partial charge in [-0.2, -0.15) is 0 Å². The topological polar surface area (TPSA) is 92.4 Å². The Kier molecular flexibility index (Phi) is 5.75. The van der Waals surface area contributed by atoms with Gasteiger partial charge in [-0.25, -0.2) is 4.39 Å². The molecule has 1 saturated carbocycles. The highest BCUT2D eigenvalue weighted by molar-refractivity contribution is 5.92. The normalized spacial score (nSPS) is 22.0. The molecule has 29 heavy (non-hydrogen) atoms. The highest BCUT2D eigenvalue weighted by Gasteiger charge is 2.32. The van der Waals surface area contributed by atoms with E-state index in [1.807, 2.05) is 4.90 Å². The van der Waals surface area contributed by atoms with Crippen molar-refractivity contribution in [3.8, 4) is 5.69 Å². The predicted molar refractivity (Wildman–Crippen MR) is 110 cm³/mol. The van der Waals surface area contributed by atoms with Gasteiger partial charge in [-0.1, -0.05) is 6.07 Å². The highest BCUT2D eigenvalue weighted by Crippen LogP contribution is 2.21. The van der Waals surface area contributed by atoms with E-state index in [2.05, 4.69) is 10.6 Å². The largest absolute Gasteiger partial charge is 0.326 e. The van der Waals surface area contributed by atoms with Crippen LogP contribution >= 0.6 is 0 Å². The summed E-state index contributed by atoms with van der Waals surface area (Å²) in [4.78, 5) is 26.3. The van der Waals surface area contributed by atoms with Gasteiger partial charge >= 0.3 is 0 Å². The fourth-order valence-corrected chi connectivity index (χ4v) is 3.73. The van der Waals surface area contributed by atoms with E-state index in [9.17, 15) is 14.0 Å². The molecule has 0 spiro atoms. The number of halogens is 1. The summed E-state index contributed by atoms with van der Waals surface area (Å²) in [6.07, 6.45) is 4.04. The molecule has 1 amide bonds. The minimum atomic E-state index is -0.587. The molecule has 4 N–H and O–H groups in total. The molecule has 4 rings (SSSR count). The van der Waals surface area contributed by atoms with Crippen LogP contribution in [0, 0.1) is 11.7 Å². The maximum absolute atomic E-state index is 14.5. The number of pyridine rings is 1. The van der Waals surface area contributed by atoms with Gasteiger partial charge in [0.2, 0.25) is 5.91 Å². The number of nitrogens with zero attached hydrogens (tertiary/aromatic N) is 2. The van der Waals surface area contributed by atoms with Crippen molar-refractivity contribution >= 4 is 11.6 Å². The van der Waals surface area contributed by atoms with Gasteiger partial charge in [-0.15, -0.1) is 0 Å². The molecule has 2 atom stereocenters. The van der Waals surface area contributed by atoms with E-state index in [0.29, 0.717) is 24.2 Å². The van der Waals surface area contributed by atoms with Crippen LogP contribution in [0.4, 0.5) is 10.1 Å². The molecule has 1 aromatic carbocycles. The van der Waals surface area contributed by atoms with Gasteiger partial charge in [-0.05, 0) is 31.0 Å². The van der Waals surface area contributed by atoms with Crippen molar-refractivity contribution in [1.29, 1.82) is 0 Å². The van der Waals surface area contributed by atoms with E-state index in [0.717, 1.165) is 13.1 Å². The number of nitrogens with one attached hydrogen (secondary N) is 2. The van der Waals surface area contributed by atoms with Crippen molar-refractivity contribution in [1.82, 2.24) is 14.8 Å². The number of anilines is 1. The first-order valence-electron chi connectivity index (χ1n) is 9.98. The maximum atomic E-state index is 14.5. The second kappa shape index (κ2) is 8.44. The standard InChI is InChI=1S/C21H26FN5O2/c22-17-9-16(27-8-2-1-3-21(27)29)6-7-19(17)25-20(28)13-26-11-14(18(23)12-26)10-24-15-4-5-15/h1-3,6-9,14-15,18,24H,4-5,10-13,23H2,(H,25,28)/t14-,18-/m0/s1. The second-order valence-electron chi connectivity index (χ2n) is 7.92. The van der Waals surface area contributed by atoms with Crippen molar-refractivity contribution in [3.05, 3.63) is 58.8 Å². The van der Waals surface area contributed by atoms with Crippen molar-refractivity contribution < 1.29 is 9.18 Å². The Morgan fingerprint density at radius 1 is 1.21 bits per heavy atom. The number of likely N-dealkylation sites (tertiary alicyclic amines) is 1. The highest BCUT2D eigenvalue weighted by atomic mass is 19.1. The van der Waals surface area contributed by atoms with E-state index >= 15 is 0 Å². The summed E-state index contributed by atoms with van der Waals surface area (Å²) in [5.41, 5.74) is 6.46. The summed E-state index contributed by atoms with van der Waals surface area (Å²) >= 11 is 0. The van der Waals surface area contributed by atoms with Crippen LogP contribution in [0.5, 0.6) is 0 Å². The lowest BCUT2D eigenvalue weighted by atomic mass is 10.1.